The second kappa shape index (κ2) is 10.5. The van der Waals surface area contributed by atoms with Crippen LogP contribution in [0.15, 0.2) is 51.3 Å². The van der Waals surface area contributed by atoms with Crippen LogP contribution in [0.25, 0.3) is 11.8 Å². The molecule has 0 atom stereocenters. The first-order valence-electron chi connectivity index (χ1n) is 10.1. The molecular weight excluding hydrogens is 366 g/mol. The molecule has 1 aromatic heterocycles. The highest BCUT2D eigenvalue weighted by Crippen LogP contribution is 2.11. The molecule has 0 saturated heterocycles. The fourth-order valence-corrected chi connectivity index (χ4v) is 2.88. The maximum absolute atomic E-state index is 12.7. The van der Waals surface area contributed by atoms with Crippen molar-refractivity contribution >= 4 is 11.8 Å². The normalized spacial score (nSPS) is 13.9. The van der Waals surface area contributed by atoms with Crippen molar-refractivity contribution in [1.82, 2.24) is 9.55 Å². The molecule has 0 fully saturated rings. The first-order chi connectivity index (χ1) is 13.9. The highest BCUT2D eigenvalue weighted by Gasteiger charge is 2.09. The van der Waals surface area contributed by atoms with Gasteiger partial charge in [0.2, 0.25) is 0 Å². The average Bonchev–Trinajstić information content (AvgIpc) is 2.72. The summed E-state index contributed by atoms with van der Waals surface area (Å²) in [6.07, 6.45) is 4.59. The first-order valence-corrected chi connectivity index (χ1v) is 10.1. The Morgan fingerprint density at radius 1 is 1.17 bits per heavy atom. The van der Waals surface area contributed by atoms with E-state index in [0.717, 1.165) is 30.4 Å². The highest BCUT2D eigenvalue weighted by atomic mass is 16.5. The van der Waals surface area contributed by atoms with Gasteiger partial charge in [-0.3, -0.25) is 14.2 Å². The fourth-order valence-electron chi connectivity index (χ4n) is 2.88. The number of aromatic nitrogens is 2. The van der Waals surface area contributed by atoms with Crippen LogP contribution in [0.5, 0.6) is 0 Å². The van der Waals surface area contributed by atoms with Crippen molar-refractivity contribution in [3.05, 3.63) is 78.6 Å². The van der Waals surface area contributed by atoms with Gasteiger partial charge in [-0.05, 0) is 37.8 Å². The molecule has 0 amide bonds. The Labute approximate surface area is 171 Å². The highest BCUT2D eigenvalue weighted by molar-refractivity contribution is 5.46. The summed E-state index contributed by atoms with van der Waals surface area (Å²) in [6, 6.07) is 9.55. The van der Waals surface area contributed by atoms with Crippen LogP contribution in [0.1, 0.15) is 52.5 Å². The SMILES string of the molecule is CCCCOC(/C=c1\c(=C(/C)N)[nH]c(=O)c(=O)n1Cc1ccccc1)=C(/C)CC. The van der Waals surface area contributed by atoms with Gasteiger partial charge in [-0.1, -0.05) is 50.6 Å². The average molecular weight is 398 g/mol. The van der Waals surface area contributed by atoms with E-state index in [9.17, 15) is 9.59 Å². The van der Waals surface area contributed by atoms with Crippen LogP contribution in [0.3, 0.4) is 0 Å². The number of H-pyrrole nitrogens is 1. The van der Waals surface area contributed by atoms with E-state index in [1.165, 1.54) is 4.57 Å². The zero-order chi connectivity index (χ0) is 21.4. The predicted molar refractivity (Wildman–Crippen MR) is 118 cm³/mol. The van der Waals surface area contributed by atoms with Crippen LogP contribution in [0.2, 0.25) is 0 Å². The molecule has 0 saturated carbocycles. The summed E-state index contributed by atoms with van der Waals surface area (Å²) in [6.45, 7) is 8.72. The van der Waals surface area contributed by atoms with Crippen LogP contribution < -0.4 is 27.6 Å². The number of nitrogens with one attached hydrogen (secondary N) is 1. The molecule has 2 aromatic rings. The van der Waals surface area contributed by atoms with Crippen molar-refractivity contribution in [3.63, 3.8) is 0 Å². The van der Waals surface area contributed by atoms with Crippen molar-refractivity contribution < 1.29 is 4.74 Å². The minimum absolute atomic E-state index is 0.267. The number of nitrogens with zero attached hydrogens (tertiary/aromatic N) is 1. The maximum atomic E-state index is 12.7. The number of rotatable bonds is 8. The molecule has 0 aliphatic heterocycles. The molecular formula is C23H31N3O3. The third kappa shape index (κ3) is 5.73. The van der Waals surface area contributed by atoms with Crippen molar-refractivity contribution in [2.24, 2.45) is 5.73 Å². The fraction of sp³-hybridized carbons (Fsp3) is 0.391. The summed E-state index contributed by atoms with van der Waals surface area (Å²) < 4.78 is 7.48. The maximum Gasteiger partial charge on any atom is 0.317 e. The smallest absolute Gasteiger partial charge is 0.317 e. The predicted octanol–water partition coefficient (Wildman–Crippen LogP) is 1.95. The molecule has 1 aromatic carbocycles. The number of benzene rings is 1. The van der Waals surface area contributed by atoms with E-state index < -0.39 is 11.1 Å². The standard InChI is InChI=1S/C23H31N3O3/c1-5-7-13-29-20(16(3)6-2)14-19-21(17(4)24)25-22(27)23(28)26(19)15-18-11-9-8-10-12-18/h8-12,14H,5-7,13,15,24H2,1-4H3,(H,25,27)/b19-14+,20-16-,21-17-. The topological polar surface area (TPSA) is 90.1 Å². The van der Waals surface area contributed by atoms with Gasteiger partial charge < -0.3 is 15.5 Å². The number of unbranched alkanes of at least 4 members (excludes halogenated alkanes) is 1. The van der Waals surface area contributed by atoms with E-state index in [1.807, 2.05) is 43.3 Å². The molecule has 156 valence electrons. The lowest BCUT2D eigenvalue weighted by atomic mass is 10.2. The second-order valence-corrected chi connectivity index (χ2v) is 7.12. The van der Waals surface area contributed by atoms with Crippen LogP contribution in [0.4, 0.5) is 0 Å². The van der Waals surface area contributed by atoms with Crippen molar-refractivity contribution in [3.8, 4) is 0 Å². The van der Waals surface area contributed by atoms with Gasteiger partial charge in [0, 0.05) is 11.8 Å². The van der Waals surface area contributed by atoms with E-state index in [1.54, 1.807) is 6.92 Å². The third-order valence-electron chi connectivity index (χ3n) is 4.78. The Bertz CT molecular complexity index is 1090. The van der Waals surface area contributed by atoms with Gasteiger partial charge in [-0.2, -0.15) is 0 Å². The largest absolute Gasteiger partial charge is 0.494 e. The van der Waals surface area contributed by atoms with E-state index in [2.05, 4.69) is 18.8 Å². The van der Waals surface area contributed by atoms with Crippen molar-refractivity contribution in [2.45, 2.75) is 53.5 Å². The molecule has 0 radical (unpaired) electrons. The van der Waals surface area contributed by atoms with E-state index in [0.29, 0.717) is 28.8 Å². The van der Waals surface area contributed by atoms with Gasteiger partial charge in [0.1, 0.15) is 5.76 Å². The quantitative estimate of drug-likeness (QED) is 0.405. The lowest BCUT2D eigenvalue weighted by Gasteiger charge is -2.12. The molecule has 0 aliphatic carbocycles. The molecule has 6 nitrogen and oxygen atoms in total. The van der Waals surface area contributed by atoms with Gasteiger partial charge >= 0.3 is 11.1 Å². The Morgan fingerprint density at radius 3 is 2.45 bits per heavy atom. The van der Waals surface area contributed by atoms with Crippen molar-refractivity contribution in [1.29, 1.82) is 0 Å². The summed E-state index contributed by atoms with van der Waals surface area (Å²) in [4.78, 5) is 27.7. The van der Waals surface area contributed by atoms with Crippen molar-refractivity contribution in [2.75, 3.05) is 6.61 Å². The molecule has 0 spiro atoms. The number of ether oxygens (including phenoxy) is 1. The zero-order valence-electron chi connectivity index (χ0n) is 17.7. The molecule has 6 heteroatoms. The van der Waals surface area contributed by atoms with Crippen LogP contribution >= 0.6 is 0 Å². The first kappa shape index (κ1) is 22.3. The molecule has 2 rings (SSSR count). The summed E-state index contributed by atoms with van der Waals surface area (Å²) in [5.41, 5.74) is 7.15. The molecule has 0 aliphatic rings. The summed E-state index contributed by atoms with van der Waals surface area (Å²) in [5.74, 6) is 0.705. The number of hydrogen-bond acceptors (Lipinski definition) is 4. The lowest BCUT2D eigenvalue weighted by Crippen LogP contribution is -2.54. The van der Waals surface area contributed by atoms with E-state index >= 15 is 0 Å². The molecule has 0 bridgehead atoms. The summed E-state index contributed by atoms with van der Waals surface area (Å²) in [7, 11) is 0. The monoisotopic (exact) mass is 397 g/mol. The molecule has 1 heterocycles. The third-order valence-corrected chi connectivity index (χ3v) is 4.78. The summed E-state index contributed by atoms with van der Waals surface area (Å²) in [5, 5.41) is 0.976. The Kier molecular flexibility index (Phi) is 8.07. The van der Waals surface area contributed by atoms with Gasteiger partial charge in [-0.15, -0.1) is 0 Å². The van der Waals surface area contributed by atoms with Gasteiger partial charge in [0.05, 0.1) is 23.8 Å². The Morgan fingerprint density at radius 2 is 1.86 bits per heavy atom. The van der Waals surface area contributed by atoms with E-state index in [-0.39, 0.29) is 6.54 Å². The van der Waals surface area contributed by atoms with Gasteiger partial charge in [0.15, 0.2) is 0 Å². The van der Waals surface area contributed by atoms with E-state index in [4.69, 9.17) is 10.5 Å². The number of aromatic amines is 1. The Balaban J connectivity index is 2.81. The van der Waals surface area contributed by atoms with Gasteiger partial charge in [-0.25, -0.2) is 0 Å². The van der Waals surface area contributed by atoms with Gasteiger partial charge in [0.25, 0.3) is 0 Å². The lowest BCUT2D eigenvalue weighted by molar-refractivity contribution is 0.220. The molecule has 0 unspecified atom stereocenters. The minimum atomic E-state index is -0.692. The summed E-state index contributed by atoms with van der Waals surface area (Å²) >= 11 is 0. The number of hydrogen-bond donors (Lipinski definition) is 2. The van der Waals surface area contributed by atoms with Crippen LogP contribution in [-0.2, 0) is 11.3 Å². The number of allylic oxidation sites excluding steroid dienone is 2. The Hall–Kier alpha value is -3.02. The second-order valence-electron chi connectivity index (χ2n) is 7.12. The zero-order valence-corrected chi connectivity index (χ0v) is 17.7. The van der Waals surface area contributed by atoms with Crippen LogP contribution in [0, 0.1) is 0 Å². The minimum Gasteiger partial charge on any atom is -0.494 e. The molecule has 29 heavy (non-hydrogen) atoms. The number of nitrogens with two attached hydrogens (primary N) is 1. The molecule has 3 N–H and O–H groups in total. The van der Waals surface area contributed by atoms with Crippen LogP contribution in [-0.4, -0.2) is 16.2 Å².